The molecule has 0 saturated carbocycles. The molecule has 0 spiro atoms. The number of urea groups is 1. The van der Waals surface area contributed by atoms with Crippen LogP contribution in [0.25, 0.3) is 11.0 Å². The second kappa shape index (κ2) is 8.93. The summed E-state index contributed by atoms with van der Waals surface area (Å²) in [6, 6.07) is 15.8. The van der Waals surface area contributed by atoms with Crippen molar-refractivity contribution in [1.82, 2.24) is 0 Å². The highest BCUT2D eigenvalue weighted by atomic mass is 16.5. The van der Waals surface area contributed by atoms with E-state index in [1.807, 2.05) is 24.3 Å². The van der Waals surface area contributed by atoms with Gasteiger partial charge in [-0.05, 0) is 44.2 Å². The van der Waals surface area contributed by atoms with Crippen LogP contribution in [0, 0.1) is 11.3 Å². The number of ether oxygens (including phenoxy) is 1. The summed E-state index contributed by atoms with van der Waals surface area (Å²) in [5.74, 6) is 0.611. The zero-order valence-electron chi connectivity index (χ0n) is 16.6. The third-order valence-corrected chi connectivity index (χ3v) is 4.51. The maximum Gasteiger partial charge on any atom is 0.348 e. The average molecular weight is 390 g/mol. The molecule has 1 heterocycles. The van der Waals surface area contributed by atoms with Crippen molar-refractivity contribution >= 4 is 28.4 Å². The average Bonchev–Trinajstić information content (AvgIpc) is 2.74. The second-order valence-corrected chi connectivity index (χ2v) is 6.25. The number of carbonyl (C=O) groups excluding carboxylic acids is 1. The molecule has 148 valence electrons. The van der Waals surface area contributed by atoms with Gasteiger partial charge in [0, 0.05) is 42.0 Å². The number of nitrogens with one attached hydrogen (secondary N) is 1. The normalized spacial score (nSPS) is 11.2. The number of methoxy groups -OCH3 is 1. The Morgan fingerprint density at radius 1 is 1.21 bits per heavy atom. The predicted molar refractivity (Wildman–Crippen MR) is 112 cm³/mol. The Kier molecular flexibility index (Phi) is 6.15. The standard InChI is InChI=1S/C22H22N4O3/c1-4-26(5-2)18-10-9-15-11-16(14-23)21(29-20(15)13-18)25-22(27)24-17-7-6-8-19(12-17)28-3/h6-13H,4-5H2,1-3H3,(H,24,27)/b25-21+. The first-order chi connectivity index (χ1) is 14.1. The van der Waals surface area contributed by atoms with Crippen molar-refractivity contribution in [1.29, 1.82) is 5.26 Å². The third kappa shape index (κ3) is 4.55. The van der Waals surface area contributed by atoms with Crippen LogP contribution in [-0.2, 0) is 0 Å². The molecule has 0 saturated heterocycles. The number of nitriles is 1. The zero-order chi connectivity index (χ0) is 20.8. The van der Waals surface area contributed by atoms with Gasteiger partial charge < -0.3 is 19.4 Å². The second-order valence-electron chi connectivity index (χ2n) is 6.25. The summed E-state index contributed by atoms with van der Waals surface area (Å²) in [5, 5.41) is 12.9. The lowest BCUT2D eigenvalue weighted by atomic mass is 10.1. The van der Waals surface area contributed by atoms with E-state index < -0.39 is 6.03 Å². The fourth-order valence-electron chi connectivity index (χ4n) is 3.00. The minimum atomic E-state index is -0.641. The van der Waals surface area contributed by atoms with Crippen LogP contribution >= 0.6 is 0 Å². The first kappa shape index (κ1) is 20.0. The van der Waals surface area contributed by atoms with E-state index >= 15 is 0 Å². The van der Waals surface area contributed by atoms with Gasteiger partial charge in [-0.3, -0.25) is 0 Å². The molecule has 1 N–H and O–H groups in total. The quantitative estimate of drug-likeness (QED) is 0.702. The van der Waals surface area contributed by atoms with Crippen molar-refractivity contribution in [2.24, 2.45) is 4.99 Å². The Morgan fingerprint density at radius 2 is 2.00 bits per heavy atom. The molecule has 0 bridgehead atoms. The van der Waals surface area contributed by atoms with Crippen molar-refractivity contribution in [2.75, 3.05) is 30.4 Å². The summed E-state index contributed by atoms with van der Waals surface area (Å²) in [4.78, 5) is 18.5. The number of carbonyl (C=O) groups is 1. The van der Waals surface area contributed by atoms with Crippen LogP contribution in [0.1, 0.15) is 19.4 Å². The minimum absolute atomic E-state index is 0.0305. The van der Waals surface area contributed by atoms with Crippen molar-refractivity contribution in [3.05, 3.63) is 59.6 Å². The van der Waals surface area contributed by atoms with Gasteiger partial charge in [-0.25, -0.2) is 4.79 Å². The number of hydrogen-bond acceptors (Lipinski definition) is 5. The predicted octanol–water partition coefficient (Wildman–Crippen LogP) is 4.29. The molecule has 0 aliphatic heterocycles. The maximum absolute atomic E-state index is 12.4. The lowest BCUT2D eigenvalue weighted by Crippen LogP contribution is -2.21. The Hall–Kier alpha value is -3.79. The molecule has 3 aromatic rings. The molecule has 7 heteroatoms. The van der Waals surface area contributed by atoms with Gasteiger partial charge in [-0.2, -0.15) is 10.3 Å². The fourth-order valence-corrected chi connectivity index (χ4v) is 3.00. The first-order valence-electron chi connectivity index (χ1n) is 9.30. The Labute approximate surface area is 168 Å². The van der Waals surface area contributed by atoms with E-state index in [1.54, 1.807) is 37.4 Å². The molecule has 0 aliphatic carbocycles. The van der Waals surface area contributed by atoms with E-state index in [-0.39, 0.29) is 11.1 Å². The molecule has 29 heavy (non-hydrogen) atoms. The van der Waals surface area contributed by atoms with E-state index in [4.69, 9.17) is 9.15 Å². The lowest BCUT2D eigenvalue weighted by Gasteiger charge is -2.21. The molecular weight excluding hydrogens is 368 g/mol. The molecule has 0 fully saturated rings. The van der Waals surface area contributed by atoms with Crippen molar-refractivity contribution in [3.8, 4) is 11.8 Å². The van der Waals surface area contributed by atoms with Gasteiger partial charge in [-0.15, -0.1) is 0 Å². The van der Waals surface area contributed by atoms with Crippen LogP contribution < -0.4 is 20.5 Å². The topological polar surface area (TPSA) is 90.9 Å². The highest BCUT2D eigenvalue weighted by molar-refractivity contribution is 5.90. The number of nitrogens with zero attached hydrogens (tertiary/aromatic N) is 3. The summed E-state index contributed by atoms with van der Waals surface area (Å²) in [6.45, 7) is 5.87. The van der Waals surface area contributed by atoms with E-state index in [0.717, 1.165) is 24.2 Å². The minimum Gasteiger partial charge on any atom is -0.497 e. The SMILES string of the molecule is CCN(CC)c1ccc2cc(C#N)/c(=N\C(=O)Nc3cccc(OC)c3)oc2c1. The van der Waals surface area contributed by atoms with Crippen LogP contribution in [0.15, 0.2) is 57.9 Å². The van der Waals surface area contributed by atoms with Gasteiger partial charge in [0.15, 0.2) is 0 Å². The van der Waals surface area contributed by atoms with Crippen LogP contribution in [0.5, 0.6) is 5.75 Å². The molecule has 3 rings (SSSR count). The van der Waals surface area contributed by atoms with E-state index in [9.17, 15) is 10.1 Å². The van der Waals surface area contributed by atoms with Gasteiger partial charge >= 0.3 is 6.03 Å². The Bertz CT molecular complexity index is 1140. The molecule has 0 atom stereocenters. The van der Waals surface area contributed by atoms with Gasteiger partial charge in [-0.1, -0.05) is 6.07 Å². The Balaban J connectivity index is 1.99. The van der Waals surface area contributed by atoms with Gasteiger partial charge in [0.25, 0.3) is 0 Å². The number of hydrogen-bond donors (Lipinski definition) is 1. The number of rotatable bonds is 5. The number of benzene rings is 2. The maximum atomic E-state index is 12.4. The van der Waals surface area contributed by atoms with Crippen LogP contribution in [0.3, 0.4) is 0 Å². The van der Waals surface area contributed by atoms with Gasteiger partial charge in [0.1, 0.15) is 23.0 Å². The Morgan fingerprint density at radius 3 is 2.69 bits per heavy atom. The highest BCUT2D eigenvalue weighted by Gasteiger charge is 2.09. The summed E-state index contributed by atoms with van der Waals surface area (Å²) in [5.41, 5.74) is 2.25. The summed E-state index contributed by atoms with van der Waals surface area (Å²) in [7, 11) is 1.55. The van der Waals surface area contributed by atoms with E-state index in [0.29, 0.717) is 17.0 Å². The third-order valence-electron chi connectivity index (χ3n) is 4.51. The summed E-state index contributed by atoms with van der Waals surface area (Å²) < 4.78 is 11.0. The molecule has 0 unspecified atom stereocenters. The van der Waals surface area contributed by atoms with Crippen molar-refractivity contribution < 1.29 is 13.9 Å². The molecule has 2 amide bonds. The van der Waals surface area contributed by atoms with Gasteiger partial charge in [0.05, 0.1) is 7.11 Å². The molecule has 0 aliphatic rings. The van der Waals surface area contributed by atoms with Crippen molar-refractivity contribution in [2.45, 2.75) is 13.8 Å². The van der Waals surface area contributed by atoms with Crippen molar-refractivity contribution in [3.63, 3.8) is 0 Å². The summed E-state index contributed by atoms with van der Waals surface area (Å²) >= 11 is 0. The molecule has 2 aromatic carbocycles. The number of fused-ring (bicyclic) bond motifs is 1. The first-order valence-corrected chi connectivity index (χ1v) is 9.30. The van der Waals surface area contributed by atoms with Crippen LogP contribution in [-0.4, -0.2) is 26.2 Å². The lowest BCUT2D eigenvalue weighted by molar-refractivity contribution is 0.258. The smallest absolute Gasteiger partial charge is 0.348 e. The largest absolute Gasteiger partial charge is 0.497 e. The van der Waals surface area contributed by atoms with Gasteiger partial charge in [0.2, 0.25) is 5.55 Å². The van der Waals surface area contributed by atoms with E-state index in [2.05, 4.69) is 29.1 Å². The van der Waals surface area contributed by atoms with Crippen LogP contribution in [0.2, 0.25) is 0 Å². The fraction of sp³-hybridized carbons (Fsp3) is 0.227. The van der Waals surface area contributed by atoms with E-state index in [1.165, 1.54) is 0 Å². The highest BCUT2D eigenvalue weighted by Crippen LogP contribution is 2.22. The molecule has 7 nitrogen and oxygen atoms in total. The number of anilines is 2. The summed E-state index contributed by atoms with van der Waals surface area (Å²) in [6.07, 6.45) is 0. The zero-order valence-corrected chi connectivity index (χ0v) is 16.6. The molecular formula is C22H22N4O3. The molecule has 1 aromatic heterocycles. The monoisotopic (exact) mass is 390 g/mol. The number of amides is 2. The van der Waals surface area contributed by atoms with Crippen LogP contribution in [0.4, 0.5) is 16.2 Å². The molecule has 0 radical (unpaired) electrons.